The number of piperidine rings is 1. The molecule has 0 atom stereocenters. The van der Waals surface area contributed by atoms with Gasteiger partial charge in [-0.2, -0.15) is 0 Å². The van der Waals surface area contributed by atoms with Crippen molar-refractivity contribution >= 4 is 6.09 Å². The molecule has 1 aliphatic heterocycles. The number of phenolic OH excluding ortho intramolecular Hbond substituents is 1. The number of ether oxygens (including phenoxy) is 1. The van der Waals surface area contributed by atoms with Gasteiger partial charge in [0.25, 0.3) is 0 Å². The van der Waals surface area contributed by atoms with Crippen LogP contribution in [0.15, 0.2) is 12.1 Å². The average molecular weight is 313 g/mol. The minimum Gasteiger partial charge on any atom is -0.508 e. The van der Waals surface area contributed by atoms with Crippen molar-refractivity contribution in [2.45, 2.75) is 45.1 Å². The maximum absolute atomic E-state index is 13.9. The molecular weight excluding hydrogens is 292 g/mol. The number of aromatic hydroxyl groups is 1. The smallest absolute Gasteiger partial charge is 0.410 e. The minimum absolute atomic E-state index is 0.0124. The van der Waals surface area contributed by atoms with Crippen LogP contribution in [-0.2, 0) is 4.74 Å². The second-order valence-corrected chi connectivity index (χ2v) is 6.56. The number of nitrogens with zero attached hydrogens (tertiary/aromatic N) is 1. The van der Waals surface area contributed by atoms with Gasteiger partial charge in [-0.3, -0.25) is 0 Å². The predicted octanol–water partition coefficient (Wildman–Crippen LogP) is 3.78. The molecule has 4 nitrogen and oxygen atoms in total. The molecule has 1 saturated heterocycles. The number of carbonyl (C=O) groups is 1. The van der Waals surface area contributed by atoms with Gasteiger partial charge in [0.2, 0.25) is 0 Å². The van der Waals surface area contributed by atoms with E-state index in [1.54, 1.807) is 25.7 Å². The molecule has 1 amide bonds. The van der Waals surface area contributed by atoms with E-state index in [1.165, 1.54) is 0 Å². The van der Waals surface area contributed by atoms with Crippen LogP contribution in [0.4, 0.5) is 13.6 Å². The van der Waals surface area contributed by atoms with Crippen LogP contribution < -0.4 is 0 Å². The van der Waals surface area contributed by atoms with Crippen molar-refractivity contribution in [3.8, 4) is 5.75 Å². The Hall–Kier alpha value is -1.85. The molecule has 1 N–H and O–H groups in total. The molecule has 22 heavy (non-hydrogen) atoms. The summed E-state index contributed by atoms with van der Waals surface area (Å²) < 4.78 is 33.0. The van der Waals surface area contributed by atoms with Gasteiger partial charge in [0.05, 0.1) is 0 Å². The van der Waals surface area contributed by atoms with E-state index in [9.17, 15) is 18.7 Å². The molecule has 0 saturated carbocycles. The Kier molecular flexibility index (Phi) is 4.58. The van der Waals surface area contributed by atoms with Crippen LogP contribution in [0.2, 0.25) is 0 Å². The summed E-state index contributed by atoms with van der Waals surface area (Å²) in [5.74, 6) is -2.22. The van der Waals surface area contributed by atoms with Crippen LogP contribution >= 0.6 is 0 Å². The molecule has 0 bridgehead atoms. The van der Waals surface area contributed by atoms with Crippen molar-refractivity contribution in [1.82, 2.24) is 4.90 Å². The van der Waals surface area contributed by atoms with E-state index in [0.29, 0.717) is 25.9 Å². The Labute approximate surface area is 128 Å². The van der Waals surface area contributed by atoms with Gasteiger partial charge >= 0.3 is 6.09 Å². The van der Waals surface area contributed by atoms with Crippen LogP contribution in [0, 0.1) is 11.6 Å². The Morgan fingerprint density at radius 1 is 1.23 bits per heavy atom. The van der Waals surface area contributed by atoms with E-state index >= 15 is 0 Å². The molecule has 1 aliphatic rings. The third kappa shape index (κ3) is 3.87. The summed E-state index contributed by atoms with van der Waals surface area (Å²) in [5, 5.41) is 9.19. The average Bonchev–Trinajstić information content (AvgIpc) is 2.36. The van der Waals surface area contributed by atoms with Crippen molar-refractivity contribution in [3.63, 3.8) is 0 Å². The van der Waals surface area contributed by atoms with Crippen LogP contribution in [-0.4, -0.2) is 34.8 Å². The SMILES string of the molecule is CC(C)(C)OC(=O)N1CCC(c2c(F)cc(O)cc2F)CC1. The molecule has 1 aromatic rings. The summed E-state index contributed by atoms with van der Waals surface area (Å²) in [4.78, 5) is 13.5. The number of hydrogen-bond donors (Lipinski definition) is 1. The zero-order valence-corrected chi connectivity index (χ0v) is 13.0. The number of phenols is 1. The van der Waals surface area contributed by atoms with Gasteiger partial charge in [-0.05, 0) is 39.5 Å². The number of benzene rings is 1. The number of rotatable bonds is 1. The number of amides is 1. The van der Waals surface area contributed by atoms with Gasteiger partial charge in [-0.15, -0.1) is 0 Å². The van der Waals surface area contributed by atoms with Gasteiger partial charge < -0.3 is 14.7 Å². The summed E-state index contributed by atoms with van der Waals surface area (Å²) in [5.41, 5.74) is -0.579. The Morgan fingerprint density at radius 3 is 2.18 bits per heavy atom. The van der Waals surface area contributed by atoms with Gasteiger partial charge in [0.15, 0.2) is 0 Å². The predicted molar refractivity (Wildman–Crippen MR) is 77.8 cm³/mol. The van der Waals surface area contributed by atoms with Crippen LogP contribution in [0.5, 0.6) is 5.75 Å². The highest BCUT2D eigenvalue weighted by atomic mass is 19.1. The molecule has 0 aromatic heterocycles. The van der Waals surface area contributed by atoms with Gasteiger partial charge in [-0.1, -0.05) is 0 Å². The maximum atomic E-state index is 13.9. The fourth-order valence-corrected chi connectivity index (χ4v) is 2.64. The molecule has 1 aromatic carbocycles. The molecule has 2 rings (SSSR count). The first kappa shape index (κ1) is 16.5. The quantitative estimate of drug-likeness (QED) is 0.858. The molecular formula is C16H21F2NO3. The number of carbonyl (C=O) groups excluding carboxylic acids is 1. The normalized spacial score (nSPS) is 16.7. The largest absolute Gasteiger partial charge is 0.508 e. The molecule has 0 unspecified atom stereocenters. The Bertz CT molecular complexity index is 538. The highest BCUT2D eigenvalue weighted by Gasteiger charge is 2.30. The lowest BCUT2D eigenvalue weighted by atomic mass is 9.88. The lowest BCUT2D eigenvalue weighted by Crippen LogP contribution is -2.41. The highest BCUT2D eigenvalue weighted by molar-refractivity contribution is 5.68. The summed E-state index contributed by atoms with van der Waals surface area (Å²) in [7, 11) is 0. The molecule has 0 radical (unpaired) electrons. The molecule has 122 valence electrons. The van der Waals surface area contributed by atoms with Crippen molar-refractivity contribution in [1.29, 1.82) is 0 Å². The van der Waals surface area contributed by atoms with Gasteiger partial charge in [0, 0.05) is 30.8 Å². The summed E-state index contributed by atoms with van der Waals surface area (Å²) in [6.45, 7) is 6.15. The molecule has 6 heteroatoms. The summed E-state index contributed by atoms with van der Waals surface area (Å²) in [6.07, 6.45) is 0.507. The van der Waals surface area contributed by atoms with E-state index < -0.39 is 29.1 Å². The summed E-state index contributed by atoms with van der Waals surface area (Å²) in [6, 6.07) is 1.83. The van der Waals surface area contributed by atoms with E-state index in [4.69, 9.17) is 4.74 Å². The lowest BCUT2D eigenvalue weighted by Gasteiger charge is -2.33. The molecule has 1 fully saturated rings. The van der Waals surface area contributed by atoms with E-state index in [2.05, 4.69) is 0 Å². The highest BCUT2D eigenvalue weighted by Crippen LogP contribution is 2.33. The van der Waals surface area contributed by atoms with Crippen molar-refractivity contribution in [2.75, 3.05) is 13.1 Å². The van der Waals surface area contributed by atoms with Crippen LogP contribution in [0.3, 0.4) is 0 Å². The lowest BCUT2D eigenvalue weighted by molar-refractivity contribution is 0.0204. The van der Waals surface area contributed by atoms with Crippen molar-refractivity contribution in [3.05, 3.63) is 29.3 Å². The fraction of sp³-hybridized carbons (Fsp3) is 0.562. The standard InChI is InChI=1S/C16H21F2NO3/c1-16(2,3)22-15(21)19-6-4-10(5-7-19)14-12(17)8-11(20)9-13(14)18/h8-10,20H,4-7H2,1-3H3. The molecule has 0 spiro atoms. The third-order valence-corrected chi connectivity index (χ3v) is 3.62. The first-order valence-electron chi connectivity index (χ1n) is 7.33. The monoisotopic (exact) mass is 313 g/mol. The number of likely N-dealkylation sites (tertiary alicyclic amines) is 1. The van der Waals surface area contributed by atoms with Crippen LogP contribution in [0.1, 0.15) is 45.1 Å². The first-order chi connectivity index (χ1) is 10.2. The fourth-order valence-electron chi connectivity index (χ4n) is 2.64. The Morgan fingerprint density at radius 2 is 1.73 bits per heavy atom. The zero-order valence-electron chi connectivity index (χ0n) is 13.0. The Balaban J connectivity index is 2.02. The zero-order chi connectivity index (χ0) is 16.5. The number of halogens is 2. The number of hydrogen-bond acceptors (Lipinski definition) is 3. The minimum atomic E-state index is -0.742. The van der Waals surface area contributed by atoms with Gasteiger partial charge in [-0.25, -0.2) is 13.6 Å². The van der Waals surface area contributed by atoms with Crippen molar-refractivity contribution in [2.24, 2.45) is 0 Å². The third-order valence-electron chi connectivity index (χ3n) is 3.62. The van der Waals surface area contributed by atoms with Crippen LogP contribution in [0.25, 0.3) is 0 Å². The first-order valence-corrected chi connectivity index (χ1v) is 7.33. The molecule has 0 aliphatic carbocycles. The van der Waals surface area contributed by atoms with Crippen molar-refractivity contribution < 1.29 is 23.4 Å². The topological polar surface area (TPSA) is 49.8 Å². The van der Waals surface area contributed by atoms with E-state index in [1.807, 2.05) is 0 Å². The second kappa shape index (κ2) is 6.10. The summed E-state index contributed by atoms with van der Waals surface area (Å²) >= 11 is 0. The van der Waals surface area contributed by atoms with Gasteiger partial charge in [0.1, 0.15) is 23.0 Å². The maximum Gasteiger partial charge on any atom is 0.410 e. The second-order valence-electron chi connectivity index (χ2n) is 6.56. The molecule has 1 heterocycles. The van der Waals surface area contributed by atoms with E-state index in [0.717, 1.165) is 12.1 Å². The van der Waals surface area contributed by atoms with E-state index in [-0.39, 0.29) is 11.5 Å².